The highest BCUT2D eigenvalue weighted by Crippen LogP contribution is 2.26. The molecule has 0 spiro atoms. The minimum absolute atomic E-state index is 0.0833. The number of nitrogens with two attached hydrogens (primary N) is 1. The third-order valence-electron chi connectivity index (χ3n) is 3.71. The maximum Gasteiger partial charge on any atom is 0.0744 e. The van der Waals surface area contributed by atoms with E-state index in [1.807, 2.05) is 24.0 Å². The zero-order valence-corrected chi connectivity index (χ0v) is 12.2. The molecule has 0 saturated carbocycles. The van der Waals surface area contributed by atoms with Crippen LogP contribution < -0.4 is 11.3 Å². The van der Waals surface area contributed by atoms with E-state index >= 15 is 0 Å². The molecule has 1 atom stereocenters. The first-order valence-electron chi connectivity index (χ1n) is 7.06. The number of aromatic nitrogens is 3. The highest BCUT2D eigenvalue weighted by Gasteiger charge is 2.18. The predicted molar refractivity (Wildman–Crippen MR) is 83.5 cm³/mol. The molecule has 0 bridgehead atoms. The van der Waals surface area contributed by atoms with Crippen LogP contribution in [0.3, 0.4) is 0 Å². The van der Waals surface area contributed by atoms with Gasteiger partial charge >= 0.3 is 0 Å². The summed E-state index contributed by atoms with van der Waals surface area (Å²) in [6, 6.07) is 10.1. The molecular weight excluding hydrogens is 262 g/mol. The van der Waals surface area contributed by atoms with Gasteiger partial charge in [0, 0.05) is 30.4 Å². The average Bonchev–Trinajstić information content (AvgIpc) is 2.89. The van der Waals surface area contributed by atoms with Gasteiger partial charge in [0.25, 0.3) is 0 Å². The summed E-state index contributed by atoms with van der Waals surface area (Å²) in [4.78, 5) is 4.41. The van der Waals surface area contributed by atoms with E-state index in [0.717, 1.165) is 34.1 Å². The molecule has 2 aromatic heterocycles. The normalized spacial score (nSPS) is 12.7. The fourth-order valence-electron chi connectivity index (χ4n) is 2.70. The monoisotopic (exact) mass is 281 g/mol. The molecule has 0 radical (unpaired) electrons. The highest BCUT2D eigenvalue weighted by atomic mass is 15.3. The molecule has 3 aromatic rings. The van der Waals surface area contributed by atoms with Crippen LogP contribution in [0.5, 0.6) is 0 Å². The Morgan fingerprint density at radius 2 is 2.19 bits per heavy atom. The van der Waals surface area contributed by atoms with Crippen LogP contribution in [0.1, 0.15) is 29.8 Å². The molecule has 0 aliphatic carbocycles. The Hall–Kier alpha value is -2.24. The number of nitrogens with zero attached hydrogens (tertiary/aromatic N) is 3. The summed E-state index contributed by atoms with van der Waals surface area (Å²) in [5, 5.41) is 5.62. The molecule has 21 heavy (non-hydrogen) atoms. The lowest BCUT2D eigenvalue weighted by molar-refractivity contribution is 0.631. The van der Waals surface area contributed by atoms with Gasteiger partial charge in [-0.1, -0.05) is 25.1 Å². The second-order valence-electron chi connectivity index (χ2n) is 5.11. The van der Waals surface area contributed by atoms with Crippen molar-refractivity contribution < 1.29 is 0 Å². The van der Waals surface area contributed by atoms with E-state index in [1.54, 1.807) is 6.20 Å². The zero-order chi connectivity index (χ0) is 14.8. The molecule has 0 aliphatic heterocycles. The van der Waals surface area contributed by atoms with Crippen LogP contribution in [0, 0.1) is 0 Å². The number of pyridine rings is 1. The van der Waals surface area contributed by atoms with Gasteiger partial charge in [-0.15, -0.1) is 0 Å². The molecule has 0 aliphatic rings. The van der Waals surface area contributed by atoms with Crippen molar-refractivity contribution in [3.05, 3.63) is 59.5 Å². The Morgan fingerprint density at radius 3 is 2.95 bits per heavy atom. The number of hydrogen-bond acceptors (Lipinski definition) is 4. The maximum atomic E-state index is 5.81. The van der Waals surface area contributed by atoms with Crippen molar-refractivity contribution in [3.8, 4) is 0 Å². The van der Waals surface area contributed by atoms with Crippen molar-refractivity contribution in [1.82, 2.24) is 20.2 Å². The van der Waals surface area contributed by atoms with Crippen molar-refractivity contribution in [2.24, 2.45) is 12.9 Å². The molecule has 2 heterocycles. The van der Waals surface area contributed by atoms with Gasteiger partial charge in [0.1, 0.15) is 0 Å². The van der Waals surface area contributed by atoms with Crippen LogP contribution in [0.15, 0.2) is 42.7 Å². The number of hydrazine groups is 1. The quantitative estimate of drug-likeness (QED) is 0.567. The summed E-state index contributed by atoms with van der Waals surface area (Å²) >= 11 is 0. The van der Waals surface area contributed by atoms with Gasteiger partial charge in [-0.3, -0.25) is 15.5 Å². The number of nitrogens with one attached hydrogen (secondary N) is 1. The number of fused-ring (bicyclic) bond motifs is 1. The lowest BCUT2D eigenvalue weighted by Crippen LogP contribution is -2.29. The van der Waals surface area contributed by atoms with Crippen molar-refractivity contribution in [3.63, 3.8) is 0 Å². The van der Waals surface area contributed by atoms with E-state index < -0.39 is 0 Å². The number of aryl methyl sites for hydroxylation is 2. The SMILES string of the molecule is CCc1nn(C)cc1C(NN)c1ccc2cccnc2c1. The van der Waals surface area contributed by atoms with Crippen LogP contribution in [0.2, 0.25) is 0 Å². The zero-order valence-electron chi connectivity index (χ0n) is 12.2. The molecule has 0 fully saturated rings. The standard InChI is InChI=1S/C16H19N5/c1-3-14-13(10-21(2)20-14)16(19-17)12-7-6-11-5-4-8-18-15(11)9-12/h4-10,16,19H,3,17H2,1-2H3. The van der Waals surface area contributed by atoms with E-state index in [9.17, 15) is 0 Å². The molecule has 108 valence electrons. The fourth-order valence-corrected chi connectivity index (χ4v) is 2.70. The van der Waals surface area contributed by atoms with Crippen molar-refractivity contribution >= 4 is 10.9 Å². The maximum absolute atomic E-state index is 5.81. The van der Waals surface area contributed by atoms with E-state index in [2.05, 4.69) is 46.7 Å². The Balaban J connectivity index is 2.08. The second-order valence-corrected chi connectivity index (χ2v) is 5.11. The molecule has 0 amide bonds. The Bertz CT molecular complexity index is 762. The molecule has 1 unspecified atom stereocenters. The second kappa shape index (κ2) is 5.63. The van der Waals surface area contributed by atoms with Gasteiger partial charge in [-0.05, 0) is 24.1 Å². The van der Waals surface area contributed by atoms with Gasteiger partial charge in [-0.2, -0.15) is 5.10 Å². The predicted octanol–water partition coefficient (Wildman–Crippen LogP) is 2.08. The number of hydrogen-bond donors (Lipinski definition) is 2. The minimum Gasteiger partial charge on any atom is -0.275 e. The van der Waals surface area contributed by atoms with Gasteiger partial charge < -0.3 is 0 Å². The fraction of sp³-hybridized carbons (Fsp3) is 0.250. The van der Waals surface area contributed by atoms with Gasteiger partial charge in [0.15, 0.2) is 0 Å². The van der Waals surface area contributed by atoms with E-state index in [-0.39, 0.29) is 6.04 Å². The number of rotatable bonds is 4. The lowest BCUT2D eigenvalue weighted by atomic mass is 9.98. The van der Waals surface area contributed by atoms with Crippen molar-refractivity contribution in [2.45, 2.75) is 19.4 Å². The first-order valence-corrected chi connectivity index (χ1v) is 7.06. The van der Waals surface area contributed by atoms with Crippen LogP contribution >= 0.6 is 0 Å². The third-order valence-corrected chi connectivity index (χ3v) is 3.71. The topological polar surface area (TPSA) is 68.8 Å². The van der Waals surface area contributed by atoms with Crippen LogP contribution in [0.4, 0.5) is 0 Å². The Morgan fingerprint density at radius 1 is 1.33 bits per heavy atom. The van der Waals surface area contributed by atoms with E-state index in [0.29, 0.717) is 0 Å². The molecule has 5 heteroatoms. The molecular formula is C16H19N5. The smallest absolute Gasteiger partial charge is 0.0744 e. The molecule has 1 aromatic carbocycles. The van der Waals surface area contributed by atoms with Gasteiger partial charge in [-0.25, -0.2) is 5.43 Å². The number of benzene rings is 1. The summed E-state index contributed by atoms with van der Waals surface area (Å²) in [7, 11) is 1.93. The van der Waals surface area contributed by atoms with Crippen LogP contribution in [0.25, 0.3) is 10.9 Å². The van der Waals surface area contributed by atoms with Crippen molar-refractivity contribution in [1.29, 1.82) is 0 Å². The summed E-state index contributed by atoms with van der Waals surface area (Å²) in [6.45, 7) is 2.10. The Labute approximate surface area is 123 Å². The lowest BCUT2D eigenvalue weighted by Gasteiger charge is -2.16. The average molecular weight is 281 g/mol. The minimum atomic E-state index is -0.0833. The third kappa shape index (κ3) is 2.53. The van der Waals surface area contributed by atoms with Crippen LogP contribution in [-0.4, -0.2) is 14.8 Å². The summed E-state index contributed by atoms with van der Waals surface area (Å²) in [5.74, 6) is 5.81. The molecule has 3 rings (SSSR count). The van der Waals surface area contributed by atoms with E-state index in [4.69, 9.17) is 5.84 Å². The van der Waals surface area contributed by atoms with Crippen molar-refractivity contribution in [2.75, 3.05) is 0 Å². The molecule has 0 saturated heterocycles. The first-order chi connectivity index (χ1) is 10.2. The molecule has 5 nitrogen and oxygen atoms in total. The summed E-state index contributed by atoms with van der Waals surface area (Å²) in [5.41, 5.74) is 7.13. The largest absolute Gasteiger partial charge is 0.275 e. The van der Waals surface area contributed by atoms with Gasteiger partial charge in [0.05, 0.1) is 17.3 Å². The van der Waals surface area contributed by atoms with Crippen LogP contribution in [-0.2, 0) is 13.5 Å². The van der Waals surface area contributed by atoms with E-state index in [1.165, 1.54) is 0 Å². The Kier molecular flexibility index (Phi) is 3.68. The summed E-state index contributed by atoms with van der Waals surface area (Å²) < 4.78 is 1.83. The first kappa shape index (κ1) is 13.7. The van der Waals surface area contributed by atoms with Gasteiger partial charge in [0.2, 0.25) is 0 Å². The molecule has 3 N–H and O–H groups in total. The summed E-state index contributed by atoms with van der Waals surface area (Å²) in [6.07, 6.45) is 4.70. The highest BCUT2D eigenvalue weighted by molar-refractivity contribution is 5.79.